The maximum Gasteiger partial charge on any atom is 0.338 e. The van der Waals surface area contributed by atoms with Gasteiger partial charge in [0.1, 0.15) is 4.38 Å². The molecule has 0 unspecified atom stereocenters. The van der Waals surface area contributed by atoms with E-state index in [0.29, 0.717) is 17.2 Å². The average Bonchev–Trinajstić information content (AvgIpc) is 3.20. The summed E-state index contributed by atoms with van der Waals surface area (Å²) in [5.74, 6) is 1.51. The quantitative estimate of drug-likeness (QED) is 0.726. The number of hydrogen-bond donors (Lipinski definition) is 1. The Labute approximate surface area is 169 Å². The summed E-state index contributed by atoms with van der Waals surface area (Å²) in [6.07, 6.45) is 4.51. The first-order chi connectivity index (χ1) is 13.1. The molecule has 1 fully saturated rings. The van der Waals surface area contributed by atoms with E-state index in [1.807, 2.05) is 18.2 Å². The topological polar surface area (TPSA) is 67.8 Å². The summed E-state index contributed by atoms with van der Waals surface area (Å²) >= 11 is 3.39. The number of benzene rings is 1. The monoisotopic (exact) mass is 406 g/mol. The smallest absolute Gasteiger partial charge is 0.338 e. The van der Waals surface area contributed by atoms with Crippen molar-refractivity contribution in [3.8, 4) is 0 Å². The highest BCUT2D eigenvalue weighted by molar-refractivity contribution is 8.38. The van der Waals surface area contributed by atoms with E-state index in [4.69, 9.17) is 4.74 Å². The Morgan fingerprint density at radius 1 is 1.30 bits per heavy atom. The van der Waals surface area contributed by atoms with E-state index in [0.717, 1.165) is 41.5 Å². The van der Waals surface area contributed by atoms with Crippen molar-refractivity contribution in [2.45, 2.75) is 44.4 Å². The predicted octanol–water partition coefficient (Wildman–Crippen LogP) is 3.87. The zero-order valence-electron chi connectivity index (χ0n) is 15.6. The Morgan fingerprint density at radius 2 is 2.11 bits per heavy atom. The SMILES string of the molecule is C[C@@H]1CCCC[C@@H]1NC(=O)COC(=O)c1ccccc1CSC1=NCCS1. The first-order valence-corrected chi connectivity index (χ1v) is 11.4. The molecular formula is C20H26N2O3S2. The van der Waals surface area contributed by atoms with Crippen LogP contribution < -0.4 is 5.32 Å². The number of hydrogen-bond acceptors (Lipinski definition) is 6. The second-order valence-corrected chi connectivity index (χ2v) is 9.26. The van der Waals surface area contributed by atoms with E-state index < -0.39 is 5.97 Å². The van der Waals surface area contributed by atoms with Crippen molar-refractivity contribution in [2.75, 3.05) is 18.9 Å². The Bertz CT molecular complexity index is 708. The summed E-state index contributed by atoms with van der Waals surface area (Å²) in [5, 5.41) is 3.01. The van der Waals surface area contributed by atoms with Gasteiger partial charge in [0.25, 0.3) is 5.91 Å². The molecule has 1 aromatic rings. The maximum atomic E-state index is 12.5. The lowest BCUT2D eigenvalue weighted by atomic mass is 9.86. The molecule has 0 bridgehead atoms. The average molecular weight is 407 g/mol. The molecule has 1 aromatic carbocycles. The predicted molar refractivity (Wildman–Crippen MR) is 112 cm³/mol. The minimum atomic E-state index is -0.445. The lowest BCUT2D eigenvalue weighted by Gasteiger charge is -2.29. The fourth-order valence-corrected chi connectivity index (χ4v) is 5.39. The third-order valence-corrected chi connectivity index (χ3v) is 7.24. The highest BCUT2D eigenvalue weighted by Crippen LogP contribution is 2.27. The molecule has 3 rings (SSSR count). The normalized spacial score (nSPS) is 22.2. The van der Waals surface area contributed by atoms with Crippen molar-refractivity contribution in [1.29, 1.82) is 0 Å². The van der Waals surface area contributed by atoms with Gasteiger partial charge in [-0.2, -0.15) is 0 Å². The number of ether oxygens (including phenoxy) is 1. The molecule has 1 heterocycles. The van der Waals surface area contributed by atoms with Crippen LogP contribution in [0, 0.1) is 5.92 Å². The van der Waals surface area contributed by atoms with Crippen LogP contribution in [0.25, 0.3) is 0 Å². The number of carbonyl (C=O) groups is 2. The number of thioether (sulfide) groups is 2. The molecule has 27 heavy (non-hydrogen) atoms. The number of carbonyl (C=O) groups excluding carboxylic acids is 2. The minimum absolute atomic E-state index is 0.193. The number of nitrogens with zero attached hydrogens (tertiary/aromatic N) is 1. The summed E-state index contributed by atoms with van der Waals surface area (Å²) in [6, 6.07) is 7.60. The second-order valence-electron chi connectivity index (χ2n) is 6.95. The third kappa shape index (κ3) is 6.01. The zero-order valence-corrected chi connectivity index (χ0v) is 17.2. The molecule has 7 heteroatoms. The number of aliphatic imine (C=N–C) groups is 1. The molecule has 1 N–H and O–H groups in total. The third-order valence-electron chi connectivity index (χ3n) is 4.94. The molecule has 2 atom stereocenters. The van der Waals surface area contributed by atoms with E-state index in [9.17, 15) is 9.59 Å². The molecule has 146 valence electrons. The number of rotatable bonds is 6. The summed E-state index contributed by atoms with van der Waals surface area (Å²) in [5.41, 5.74) is 1.43. The molecule has 5 nitrogen and oxygen atoms in total. The van der Waals surface area contributed by atoms with Crippen molar-refractivity contribution in [1.82, 2.24) is 5.32 Å². The Hall–Kier alpha value is -1.47. The van der Waals surface area contributed by atoms with Crippen molar-refractivity contribution < 1.29 is 14.3 Å². The molecule has 1 amide bonds. The van der Waals surface area contributed by atoms with E-state index in [2.05, 4.69) is 17.2 Å². The van der Waals surface area contributed by atoms with Crippen molar-refractivity contribution in [3.63, 3.8) is 0 Å². The minimum Gasteiger partial charge on any atom is -0.452 e. The standard InChI is InChI=1S/C20H26N2O3S2/c1-14-6-2-5-9-17(14)22-18(23)12-25-19(24)16-8-4-3-7-15(16)13-27-20-21-10-11-26-20/h3-4,7-8,14,17H,2,5-6,9-13H2,1H3,(H,22,23)/t14-,17+/m1/s1. The van der Waals surface area contributed by atoms with Gasteiger partial charge in [-0.05, 0) is 30.4 Å². The molecule has 1 aliphatic heterocycles. The fraction of sp³-hybridized carbons (Fsp3) is 0.550. The van der Waals surface area contributed by atoms with Crippen LogP contribution in [0.4, 0.5) is 0 Å². The number of amides is 1. The number of nitrogens with one attached hydrogen (secondary N) is 1. The zero-order chi connectivity index (χ0) is 19.1. The second kappa shape index (κ2) is 10.2. The summed E-state index contributed by atoms with van der Waals surface area (Å²) in [6.45, 7) is 2.80. The van der Waals surface area contributed by atoms with Gasteiger partial charge in [0, 0.05) is 17.5 Å². The van der Waals surface area contributed by atoms with Crippen LogP contribution in [0.15, 0.2) is 29.3 Å². The molecule has 0 spiro atoms. The summed E-state index contributed by atoms with van der Waals surface area (Å²) in [7, 11) is 0. The van der Waals surface area contributed by atoms with Gasteiger partial charge in [0.2, 0.25) is 0 Å². The summed E-state index contributed by atoms with van der Waals surface area (Å²) < 4.78 is 6.35. The molecule has 0 aromatic heterocycles. The Balaban J connectivity index is 1.50. The molecular weight excluding hydrogens is 380 g/mol. The molecule has 0 saturated heterocycles. The first kappa shape index (κ1) is 20.3. The number of esters is 1. The lowest BCUT2D eigenvalue weighted by molar-refractivity contribution is -0.125. The largest absolute Gasteiger partial charge is 0.452 e. The van der Waals surface area contributed by atoms with Crippen molar-refractivity contribution in [3.05, 3.63) is 35.4 Å². The van der Waals surface area contributed by atoms with Crippen LogP contribution in [-0.2, 0) is 15.3 Å². The van der Waals surface area contributed by atoms with Gasteiger partial charge in [-0.3, -0.25) is 9.79 Å². The van der Waals surface area contributed by atoms with Crippen LogP contribution in [0.5, 0.6) is 0 Å². The van der Waals surface area contributed by atoms with Gasteiger partial charge in [-0.1, -0.05) is 61.5 Å². The van der Waals surface area contributed by atoms with Crippen LogP contribution in [-0.4, -0.2) is 41.2 Å². The van der Waals surface area contributed by atoms with E-state index in [1.165, 1.54) is 6.42 Å². The van der Waals surface area contributed by atoms with Crippen molar-refractivity contribution >= 4 is 39.8 Å². The first-order valence-electron chi connectivity index (χ1n) is 9.48. The van der Waals surface area contributed by atoms with Gasteiger partial charge >= 0.3 is 5.97 Å². The summed E-state index contributed by atoms with van der Waals surface area (Å²) in [4.78, 5) is 29.1. The Morgan fingerprint density at radius 3 is 2.89 bits per heavy atom. The van der Waals surface area contributed by atoms with Gasteiger partial charge in [-0.15, -0.1) is 0 Å². The van der Waals surface area contributed by atoms with Crippen molar-refractivity contribution in [2.24, 2.45) is 10.9 Å². The van der Waals surface area contributed by atoms with Gasteiger partial charge < -0.3 is 10.1 Å². The van der Waals surface area contributed by atoms with E-state index >= 15 is 0 Å². The van der Waals surface area contributed by atoms with E-state index in [1.54, 1.807) is 29.6 Å². The van der Waals surface area contributed by atoms with Crippen LogP contribution >= 0.6 is 23.5 Å². The van der Waals surface area contributed by atoms with Gasteiger partial charge in [-0.25, -0.2) is 4.79 Å². The fourth-order valence-electron chi connectivity index (χ4n) is 3.38. The Kier molecular flexibility index (Phi) is 7.64. The maximum absolute atomic E-state index is 12.5. The molecule has 2 aliphatic rings. The van der Waals surface area contributed by atoms with Gasteiger partial charge in [0.15, 0.2) is 6.61 Å². The highest BCUT2D eigenvalue weighted by Gasteiger charge is 2.23. The highest BCUT2D eigenvalue weighted by atomic mass is 32.2. The molecule has 0 radical (unpaired) electrons. The molecule has 1 aliphatic carbocycles. The van der Waals surface area contributed by atoms with Gasteiger partial charge in [0.05, 0.1) is 12.1 Å². The van der Waals surface area contributed by atoms with E-state index in [-0.39, 0.29) is 18.6 Å². The molecule has 1 saturated carbocycles. The lowest BCUT2D eigenvalue weighted by Crippen LogP contribution is -2.42. The van der Waals surface area contributed by atoms with Crippen LogP contribution in [0.1, 0.15) is 48.5 Å². The van der Waals surface area contributed by atoms with Crippen LogP contribution in [0.2, 0.25) is 0 Å². The van der Waals surface area contributed by atoms with Crippen LogP contribution in [0.3, 0.4) is 0 Å².